The highest BCUT2D eigenvalue weighted by Crippen LogP contribution is 2.43. The second kappa shape index (κ2) is 15.3. The van der Waals surface area contributed by atoms with E-state index in [1.54, 1.807) is 0 Å². The molecular formula is C42H51B3BrIO6S2. The molecule has 3 aliphatic heterocycles. The van der Waals surface area contributed by atoms with Gasteiger partial charge in [0.15, 0.2) is 0 Å². The van der Waals surface area contributed by atoms with Crippen LogP contribution in [0.3, 0.4) is 0 Å². The van der Waals surface area contributed by atoms with Gasteiger partial charge in [0.25, 0.3) is 0 Å². The third kappa shape index (κ3) is 8.23. The van der Waals surface area contributed by atoms with Gasteiger partial charge in [-0.25, -0.2) is 0 Å². The molecule has 6 aromatic rings. The summed E-state index contributed by atoms with van der Waals surface area (Å²) in [6.07, 6.45) is 0. The summed E-state index contributed by atoms with van der Waals surface area (Å²) in [5, 5.41) is 5.35. The third-order valence-corrected chi connectivity index (χ3v) is 14.8. The molecule has 0 atom stereocenters. The van der Waals surface area contributed by atoms with Crippen molar-refractivity contribution in [3.05, 3.63) is 89.4 Å². The zero-order chi connectivity index (χ0) is 39.1. The van der Waals surface area contributed by atoms with Crippen LogP contribution in [0.2, 0.25) is 0 Å². The van der Waals surface area contributed by atoms with E-state index in [0.717, 1.165) is 9.94 Å². The van der Waals surface area contributed by atoms with Crippen LogP contribution in [0.5, 0.6) is 0 Å². The Labute approximate surface area is 360 Å². The normalized spacial score (nSPS) is 21.4. The standard InChI is InChI=1S/C18H19BO2S.C12H24B2O4.C12H7BrS.HI/c1-17(2)18(3,4)21-19(20-17)12-9-10-14-13-7-5-6-8-15(13)22-16(14)11-12;1-9(2)10(3,4)16-13(15-9)14-17-11(5,6)12(7,8)18-14;13-8-5-6-10-9-3-1-2-4-11(9)14-12(10)7-8;/h5-11H,1-4H3;1-8H3;1-7H;1H. The summed E-state index contributed by atoms with van der Waals surface area (Å²) in [6.45, 7) is 24.6. The van der Waals surface area contributed by atoms with E-state index >= 15 is 0 Å². The number of fused-ring (bicyclic) bond motifs is 6. The smallest absolute Gasteiger partial charge is 0.405 e. The van der Waals surface area contributed by atoms with Crippen LogP contribution in [0.15, 0.2) is 89.4 Å². The van der Waals surface area contributed by atoms with Gasteiger partial charge in [-0.3, -0.25) is 0 Å². The summed E-state index contributed by atoms with van der Waals surface area (Å²) in [5.41, 5.74) is -0.942. The van der Waals surface area contributed by atoms with Crippen LogP contribution in [-0.4, -0.2) is 54.7 Å². The molecule has 0 unspecified atom stereocenters. The third-order valence-electron chi connectivity index (χ3n) is 12.0. The first-order chi connectivity index (χ1) is 25.1. The van der Waals surface area contributed by atoms with E-state index in [-0.39, 0.29) is 64.7 Å². The predicted molar refractivity (Wildman–Crippen MR) is 250 cm³/mol. The number of halogens is 2. The molecule has 0 spiro atoms. The molecule has 13 heteroatoms. The van der Waals surface area contributed by atoms with Crippen molar-refractivity contribution in [2.75, 3.05) is 0 Å². The second-order valence-electron chi connectivity index (χ2n) is 17.4. The highest BCUT2D eigenvalue weighted by Gasteiger charge is 2.63. The van der Waals surface area contributed by atoms with Crippen LogP contribution in [0.4, 0.5) is 0 Å². The van der Waals surface area contributed by atoms with Crippen molar-refractivity contribution in [2.45, 2.75) is 117 Å². The van der Waals surface area contributed by atoms with Crippen molar-refractivity contribution in [3.8, 4) is 0 Å². The van der Waals surface area contributed by atoms with Crippen molar-refractivity contribution in [1.82, 2.24) is 0 Å². The van der Waals surface area contributed by atoms with Gasteiger partial charge in [0, 0.05) is 44.8 Å². The molecule has 0 aliphatic carbocycles. The van der Waals surface area contributed by atoms with Crippen LogP contribution >= 0.6 is 62.6 Å². The van der Waals surface area contributed by atoms with Gasteiger partial charge < -0.3 is 27.9 Å². The maximum atomic E-state index is 6.16. The largest absolute Gasteiger partial charge is 0.494 e. The number of hydrogen-bond acceptors (Lipinski definition) is 8. The maximum Gasteiger partial charge on any atom is 0.494 e. The Kier molecular flexibility index (Phi) is 12.0. The van der Waals surface area contributed by atoms with Gasteiger partial charge in [-0.15, -0.1) is 46.7 Å². The van der Waals surface area contributed by atoms with Gasteiger partial charge in [-0.05, 0) is 119 Å². The fourth-order valence-electron chi connectivity index (χ4n) is 6.57. The Morgan fingerprint density at radius 1 is 0.418 bits per heavy atom. The van der Waals surface area contributed by atoms with E-state index in [9.17, 15) is 0 Å². The van der Waals surface area contributed by atoms with Gasteiger partial charge in [-0.2, -0.15) is 0 Å². The molecule has 9 rings (SSSR count). The Morgan fingerprint density at radius 3 is 1.20 bits per heavy atom. The van der Waals surface area contributed by atoms with E-state index in [2.05, 4.69) is 129 Å². The number of thiophene rings is 2. The lowest BCUT2D eigenvalue weighted by atomic mass is 9.49. The quantitative estimate of drug-likeness (QED) is 0.127. The van der Waals surface area contributed by atoms with E-state index in [0.29, 0.717) is 0 Å². The highest BCUT2D eigenvalue weighted by molar-refractivity contribution is 14.0. The predicted octanol–water partition coefficient (Wildman–Crippen LogP) is 12.0. The molecular weight excluding hydrogens is 904 g/mol. The topological polar surface area (TPSA) is 55.4 Å². The van der Waals surface area contributed by atoms with Crippen molar-refractivity contribution < 1.29 is 27.9 Å². The Hall–Kier alpha value is -1.52. The molecule has 5 heterocycles. The van der Waals surface area contributed by atoms with Crippen LogP contribution in [0.25, 0.3) is 40.3 Å². The summed E-state index contributed by atoms with van der Waals surface area (Å²) in [4.78, 5) is 0. The average molecular weight is 955 g/mol. The van der Waals surface area contributed by atoms with Crippen LogP contribution in [0, 0.1) is 0 Å². The molecule has 0 amide bonds. The second-order valence-corrected chi connectivity index (χ2v) is 20.5. The summed E-state index contributed by atoms with van der Waals surface area (Å²) in [5.74, 6) is 0. The first kappa shape index (κ1) is 43.1. The van der Waals surface area contributed by atoms with E-state index in [1.165, 1.54) is 40.3 Å². The van der Waals surface area contributed by atoms with Gasteiger partial charge in [-0.1, -0.05) is 70.5 Å². The molecule has 4 aromatic carbocycles. The number of benzene rings is 4. The van der Waals surface area contributed by atoms with Crippen molar-refractivity contribution in [1.29, 1.82) is 0 Å². The fourth-order valence-corrected chi connectivity index (χ4v) is 9.38. The summed E-state index contributed by atoms with van der Waals surface area (Å²) < 4.78 is 42.6. The van der Waals surface area contributed by atoms with E-state index in [1.807, 2.05) is 78.1 Å². The molecule has 6 nitrogen and oxygen atoms in total. The zero-order valence-corrected chi connectivity index (χ0v) is 39.4. The van der Waals surface area contributed by atoms with Crippen molar-refractivity contribution in [3.63, 3.8) is 0 Å². The Balaban J connectivity index is 0.000000142. The molecule has 0 N–H and O–H groups in total. The minimum Gasteiger partial charge on any atom is -0.405 e. The van der Waals surface area contributed by atoms with Crippen molar-refractivity contribution >= 4 is 130 Å². The van der Waals surface area contributed by atoms with Gasteiger partial charge in [0.2, 0.25) is 0 Å². The SMILES string of the molecule is Brc1ccc2c(c1)sc1ccccc12.CC1(C)OB(B2OC(C)(C)C(C)(C)O2)OC1(C)C.CC1(C)OB(c2ccc3c(c2)sc2ccccc23)OC1(C)C.I. The lowest BCUT2D eigenvalue weighted by Crippen LogP contribution is -2.41. The molecule has 3 fully saturated rings. The summed E-state index contributed by atoms with van der Waals surface area (Å²) >= 11 is 7.17. The number of rotatable bonds is 2. The minimum absolute atomic E-state index is 0. The van der Waals surface area contributed by atoms with Gasteiger partial charge in [0.05, 0.1) is 33.6 Å². The molecule has 0 bridgehead atoms. The Morgan fingerprint density at radius 2 is 0.764 bits per heavy atom. The maximum absolute atomic E-state index is 6.16. The average Bonchev–Trinajstić information content (AvgIpc) is 3.81. The monoisotopic (exact) mass is 954 g/mol. The number of hydrogen-bond donors (Lipinski definition) is 0. The minimum atomic E-state index is -0.476. The van der Waals surface area contributed by atoms with Gasteiger partial charge in [0.1, 0.15) is 0 Å². The van der Waals surface area contributed by atoms with E-state index < -0.39 is 14.0 Å². The van der Waals surface area contributed by atoms with Crippen LogP contribution in [0.1, 0.15) is 83.1 Å². The van der Waals surface area contributed by atoms with Crippen LogP contribution in [-0.2, 0) is 27.9 Å². The summed E-state index contributed by atoms with van der Waals surface area (Å²) in [7, 11) is -1.24. The van der Waals surface area contributed by atoms with Crippen molar-refractivity contribution in [2.24, 2.45) is 0 Å². The summed E-state index contributed by atoms with van der Waals surface area (Å²) in [6, 6.07) is 30.1. The first-order valence-electron chi connectivity index (χ1n) is 18.6. The zero-order valence-electron chi connectivity index (χ0n) is 33.9. The Bertz CT molecular complexity index is 2260. The molecule has 0 radical (unpaired) electrons. The lowest BCUT2D eigenvalue weighted by Gasteiger charge is -2.32. The van der Waals surface area contributed by atoms with Gasteiger partial charge >= 0.3 is 21.1 Å². The first-order valence-corrected chi connectivity index (χ1v) is 21.1. The molecule has 2 aromatic heterocycles. The van der Waals surface area contributed by atoms with E-state index in [4.69, 9.17) is 27.9 Å². The molecule has 3 aliphatic rings. The molecule has 0 saturated carbocycles. The lowest BCUT2D eigenvalue weighted by molar-refractivity contribution is 0.00578. The molecule has 290 valence electrons. The van der Waals surface area contributed by atoms with Crippen LogP contribution < -0.4 is 5.46 Å². The molecule has 3 saturated heterocycles. The highest BCUT2D eigenvalue weighted by atomic mass is 127. The fraction of sp³-hybridized carbons (Fsp3) is 0.429. The molecule has 55 heavy (non-hydrogen) atoms.